The highest BCUT2D eigenvalue weighted by molar-refractivity contribution is 7.99. The van der Waals surface area contributed by atoms with E-state index in [1.165, 1.54) is 0 Å². The molecule has 0 bridgehead atoms. The van der Waals surface area contributed by atoms with Gasteiger partial charge >= 0.3 is 0 Å². The Morgan fingerprint density at radius 1 is 1.07 bits per heavy atom. The zero-order valence-electron chi connectivity index (χ0n) is 15.5. The van der Waals surface area contributed by atoms with Gasteiger partial charge in [-0.3, -0.25) is 4.79 Å². The average molecular weight is 419 g/mol. The lowest BCUT2D eigenvalue weighted by Crippen LogP contribution is -2.28. The van der Waals surface area contributed by atoms with Crippen LogP contribution in [-0.4, -0.2) is 39.6 Å². The Labute approximate surface area is 174 Å². The molecule has 0 saturated carbocycles. The number of anilines is 1. The molecule has 0 unspecified atom stereocenters. The molecular weight excluding hydrogens is 396 g/mol. The van der Waals surface area contributed by atoms with Crippen LogP contribution in [0.3, 0.4) is 0 Å². The third-order valence-electron chi connectivity index (χ3n) is 3.82. The molecule has 28 heavy (non-hydrogen) atoms. The standard InChI is InChI=1S/C19H22N6OS.ClH/c1-2-3-12-20-13-18(26)21-15-6-10-17(11-7-15)27-16-8-4-14(5-9-16)19-22-24-25-23-19;/h4-11,20H,2-3,12-13H2,1H3,(H,21,26)(H,22,23,24,25);1H. The molecule has 2 aromatic carbocycles. The van der Waals surface area contributed by atoms with E-state index in [4.69, 9.17) is 0 Å². The second-order valence-corrected chi connectivity index (χ2v) is 7.11. The summed E-state index contributed by atoms with van der Waals surface area (Å²) in [6, 6.07) is 15.8. The Morgan fingerprint density at radius 3 is 2.36 bits per heavy atom. The van der Waals surface area contributed by atoms with Crippen molar-refractivity contribution < 1.29 is 4.79 Å². The van der Waals surface area contributed by atoms with E-state index in [0.29, 0.717) is 12.4 Å². The highest BCUT2D eigenvalue weighted by atomic mass is 35.5. The van der Waals surface area contributed by atoms with Crippen LogP contribution in [0.15, 0.2) is 58.3 Å². The fourth-order valence-electron chi connectivity index (χ4n) is 2.41. The summed E-state index contributed by atoms with van der Waals surface area (Å²) >= 11 is 1.65. The molecule has 148 valence electrons. The van der Waals surface area contributed by atoms with Gasteiger partial charge in [0.15, 0.2) is 0 Å². The predicted octanol–water partition coefficient (Wildman–Crippen LogP) is 3.77. The zero-order chi connectivity index (χ0) is 18.9. The molecule has 7 nitrogen and oxygen atoms in total. The van der Waals surface area contributed by atoms with E-state index < -0.39 is 0 Å². The smallest absolute Gasteiger partial charge is 0.238 e. The number of hydrogen-bond acceptors (Lipinski definition) is 6. The molecule has 0 aliphatic rings. The quantitative estimate of drug-likeness (QED) is 0.458. The van der Waals surface area contributed by atoms with Gasteiger partial charge in [-0.25, -0.2) is 0 Å². The first-order chi connectivity index (χ1) is 13.2. The number of unbranched alkanes of at least 4 members (excludes halogenated alkanes) is 1. The molecular formula is C19H23ClN6OS. The molecule has 1 amide bonds. The van der Waals surface area contributed by atoms with E-state index >= 15 is 0 Å². The molecule has 3 N–H and O–H groups in total. The van der Waals surface area contributed by atoms with Crippen molar-refractivity contribution in [2.75, 3.05) is 18.4 Å². The molecule has 0 aliphatic carbocycles. The van der Waals surface area contributed by atoms with Crippen molar-refractivity contribution in [3.63, 3.8) is 0 Å². The first kappa shape index (κ1) is 21.9. The predicted molar refractivity (Wildman–Crippen MR) is 114 cm³/mol. The number of carbonyl (C=O) groups is 1. The van der Waals surface area contributed by atoms with Gasteiger partial charge in [0.05, 0.1) is 6.54 Å². The fourth-order valence-corrected chi connectivity index (χ4v) is 3.22. The minimum absolute atomic E-state index is 0. The highest BCUT2D eigenvalue weighted by Gasteiger charge is 2.05. The lowest BCUT2D eigenvalue weighted by atomic mass is 10.2. The molecule has 9 heteroatoms. The average Bonchev–Trinajstić information content (AvgIpc) is 3.22. The lowest BCUT2D eigenvalue weighted by molar-refractivity contribution is -0.115. The van der Waals surface area contributed by atoms with Gasteiger partial charge in [0.1, 0.15) is 0 Å². The summed E-state index contributed by atoms with van der Waals surface area (Å²) in [6.07, 6.45) is 2.20. The van der Waals surface area contributed by atoms with Crippen LogP contribution in [0.5, 0.6) is 0 Å². The number of nitrogens with zero attached hydrogens (tertiary/aromatic N) is 3. The number of H-pyrrole nitrogens is 1. The first-order valence-corrected chi connectivity index (χ1v) is 9.68. The molecule has 3 aromatic rings. The number of aromatic nitrogens is 4. The van der Waals surface area contributed by atoms with Crippen molar-refractivity contribution in [1.82, 2.24) is 25.9 Å². The Hall–Kier alpha value is -2.42. The molecule has 0 aliphatic heterocycles. The second-order valence-electron chi connectivity index (χ2n) is 5.96. The van der Waals surface area contributed by atoms with Crippen molar-refractivity contribution in [1.29, 1.82) is 0 Å². The van der Waals surface area contributed by atoms with E-state index in [1.807, 2.05) is 48.5 Å². The van der Waals surface area contributed by atoms with Crippen LogP contribution in [0, 0.1) is 0 Å². The number of halogens is 1. The summed E-state index contributed by atoms with van der Waals surface area (Å²) in [6.45, 7) is 3.33. The molecule has 1 heterocycles. The Kier molecular flexibility index (Phi) is 8.93. The number of tetrazole rings is 1. The SMILES string of the molecule is CCCCNCC(=O)Nc1ccc(Sc2ccc(-c3nn[nH]n3)cc2)cc1.Cl. The second kappa shape index (κ2) is 11.4. The Balaban J connectivity index is 0.00000280. The number of rotatable bonds is 9. The summed E-state index contributed by atoms with van der Waals surface area (Å²) in [4.78, 5) is 14.1. The van der Waals surface area contributed by atoms with Crippen molar-refractivity contribution >= 4 is 35.8 Å². The number of amides is 1. The van der Waals surface area contributed by atoms with E-state index in [0.717, 1.165) is 40.4 Å². The van der Waals surface area contributed by atoms with Gasteiger partial charge in [-0.1, -0.05) is 25.1 Å². The molecule has 0 atom stereocenters. The van der Waals surface area contributed by atoms with Crippen LogP contribution < -0.4 is 10.6 Å². The maximum atomic E-state index is 11.9. The van der Waals surface area contributed by atoms with Crippen LogP contribution in [0.4, 0.5) is 5.69 Å². The third kappa shape index (κ3) is 6.63. The van der Waals surface area contributed by atoms with Crippen molar-refractivity contribution in [3.8, 4) is 11.4 Å². The largest absolute Gasteiger partial charge is 0.325 e. The topological polar surface area (TPSA) is 95.6 Å². The van der Waals surface area contributed by atoms with E-state index in [9.17, 15) is 4.79 Å². The van der Waals surface area contributed by atoms with Gasteiger partial charge in [0.25, 0.3) is 0 Å². The summed E-state index contributed by atoms with van der Waals surface area (Å²) in [5.41, 5.74) is 1.72. The fraction of sp³-hybridized carbons (Fsp3) is 0.263. The third-order valence-corrected chi connectivity index (χ3v) is 4.84. The van der Waals surface area contributed by atoms with Gasteiger partial charge < -0.3 is 10.6 Å². The summed E-state index contributed by atoms with van der Waals surface area (Å²) in [5.74, 6) is 0.555. The monoisotopic (exact) mass is 418 g/mol. The van der Waals surface area contributed by atoms with Gasteiger partial charge in [0.2, 0.25) is 11.7 Å². The number of hydrogen-bond donors (Lipinski definition) is 3. The highest BCUT2D eigenvalue weighted by Crippen LogP contribution is 2.29. The molecule has 0 saturated heterocycles. The minimum atomic E-state index is -0.0245. The number of carbonyl (C=O) groups excluding carboxylic acids is 1. The molecule has 1 aromatic heterocycles. The summed E-state index contributed by atoms with van der Waals surface area (Å²) in [5, 5.41) is 20.0. The van der Waals surface area contributed by atoms with Crippen LogP contribution in [0.25, 0.3) is 11.4 Å². The number of aromatic amines is 1. The Bertz CT molecular complexity index is 840. The van der Waals surface area contributed by atoms with Crippen molar-refractivity contribution in [2.45, 2.75) is 29.6 Å². The van der Waals surface area contributed by atoms with E-state index in [2.05, 4.69) is 38.2 Å². The van der Waals surface area contributed by atoms with Crippen molar-refractivity contribution in [3.05, 3.63) is 48.5 Å². The Morgan fingerprint density at radius 2 is 1.75 bits per heavy atom. The van der Waals surface area contributed by atoms with Crippen LogP contribution >= 0.6 is 24.2 Å². The van der Waals surface area contributed by atoms with E-state index in [-0.39, 0.29) is 18.3 Å². The van der Waals surface area contributed by atoms with E-state index in [1.54, 1.807) is 11.8 Å². The maximum Gasteiger partial charge on any atom is 0.238 e. The minimum Gasteiger partial charge on any atom is -0.325 e. The van der Waals surface area contributed by atoms with Gasteiger partial charge in [0, 0.05) is 21.0 Å². The first-order valence-electron chi connectivity index (χ1n) is 8.87. The van der Waals surface area contributed by atoms with Gasteiger partial charge in [-0.2, -0.15) is 5.21 Å². The normalized spacial score (nSPS) is 10.3. The molecule has 0 spiro atoms. The number of nitrogens with one attached hydrogen (secondary N) is 3. The van der Waals surface area contributed by atoms with Crippen LogP contribution in [0.1, 0.15) is 19.8 Å². The summed E-state index contributed by atoms with van der Waals surface area (Å²) < 4.78 is 0. The maximum absolute atomic E-state index is 11.9. The van der Waals surface area contributed by atoms with Crippen LogP contribution in [0.2, 0.25) is 0 Å². The van der Waals surface area contributed by atoms with Crippen LogP contribution in [-0.2, 0) is 4.79 Å². The lowest BCUT2D eigenvalue weighted by Gasteiger charge is -2.08. The number of benzene rings is 2. The summed E-state index contributed by atoms with van der Waals surface area (Å²) in [7, 11) is 0. The van der Waals surface area contributed by atoms with Gasteiger partial charge in [-0.05, 0) is 66.7 Å². The van der Waals surface area contributed by atoms with Gasteiger partial charge in [-0.15, -0.1) is 22.6 Å². The molecule has 0 fully saturated rings. The molecule has 0 radical (unpaired) electrons. The van der Waals surface area contributed by atoms with Crippen molar-refractivity contribution in [2.24, 2.45) is 0 Å². The molecule has 3 rings (SSSR count). The zero-order valence-corrected chi connectivity index (χ0v) is 17.1.